The maximum Gasteiger partial charge on any atom is 0.251 e. The van der Waals surface area contributed by atoms with Gasteiger partial charge in [0, 0.05) is 28.9 Å². The first-order valence-electron chi connectivity index (χ1n) is 9.94. The molecular formula is C23H26N2O5S2. The van der Waals surface area contributed by atoms with Gasteiger partial charge in [0.25, 0.3) is 5.91 Å². The molecule has 0 saturated carbocycles. The Bertz CT molecular complexity index is 1000. The maximum absolute atomic E-state index is 12.4. The lowest BCUT2D eigenvalue weighted by Crippen LogP contribution is -2.35. The second kappa shape index (κ2) is 11.8. The highest BCUT2D eigenvalue weighted by atomic mass is 32.2. The van der Waals surface area contributed by atoms with Crippen molar-refractivity contribution in [2.45, 2.75) is 23.1 Å². The number of carbonyl (C=O) groups is 1. The highest BCUT2D eigenvalue weighted by molar-refractivity contribution is 8.00. The van der Waals surface area contributed by atoms with Crippen molar-refractivity contribution in [2.24, 2.45) is 0 Å². The van der Waals surface area contributed by atoms with Gasteiger partial charge in [0.15, 0.2) is 11.5 Å². The third-order valence-electron chi connectivity index (χ3n) is 4.48. The molecule has 9 heteroatoms. The summed E-state index contributed by atoms with van der Waals surface area (Å²) in [7, 11) is 3.06. The van der Waals surface area contributed by atoms with Gasteiger partial charge in [-0.3, -0.25) is 4.79 Å². The molecule has 3 rings (SSSR count). The van der Waals surface area contributed by atoms with Crippen molar-refractivity contribution >= 4 is 29.0 Å². The minimum atomic E-state index is -0.897. The van der Waals surface area contributed by atoms with Crippen molar-refractivity contribution in [3.05, 3.63) is 64.7 Å². The molecule has 0 spiro atoms. The first-order chi connectivity index (χ1) is 15.5. The number of benzene rings is 2. The Kier molecular flexibility index (Phi) is 8.78. The Hall–Kier alpha value is -2.75. The molecule has 1 heterocycles. The molecule has 0 fully saturated rings. The first-order valence-corrected chi connectivity index (χ1v) is 11.8. The standard InChI is InChI=1S/C23H26N2O5S2/c1-15-13-31-23(25-15)32-14-16-7-9-17(10-8-16)22(27)24-11-18(26)12-30-21-19(28-2)5-4-6-20(21)29-3/h4-10,13,18,26H,11-12,14H2,1-3H3,(H,24,27). The number of aromatic nitrogens is 1. The highest BCUT2D eigenvalue weighted by Crippen LogP contribution is 2.36. The fraction of sp³-hybridized carbons (Fsp3) is 0.304. The fourth-order valence-electron chi connectivity index (χ4n) is 2.81. The summed E-state index contributed by atoms with van der Waals surface area (Å²) < 4.78 is 17.2. The number of nitrogens with zero attached hydrogens (tertiary/aromatic N) is 1. The van der Waals surface area contributed by atoms with Crippen LogP contribution in [0.2, 0.25) is 0 Å². The average molecular weight is 475 g/mol. The van der Waals surface area contributed by atoms with Crippen LogP contribution >= 0.6 is 23.1 Å². The summed E-state index contributed by atoms with van der Waals surface area (Å²) >= 11 is 3.31. The van der Waals surface area contributed by atoms with Crippen LogP contribution in [0.15, 0.2) is 52.2 Å². The van der Waals surface area contributed by atoms with Gasteiger partial charge in [-0.2, -0.15) is 0 Å². The van der Waals surface area contributed by atoms with Crippen LogP contribution in [0.3, 0.4) is 0 Å². The van der Waals surface area contributed by atoms with E-state index in [9.17, 15) is 9.90 Å². The van der Waals surface area contributed by atoms with Crippen molar-refractivity contribution in [1.29, 1.82) is 0 Å². The van der Waals surface area contributed by atoms with Crippen LogP contribution < -0.4 is 19.5 Å². The zero-order valence-electron chi connectivity index (χ0n) is 18.2. The van der Waals surface area contributed by atoms with Gasteiger partial charge in [-0.15, -0.1) is 11.3 Å². The predicted molar refractivity (Wildman–Crippen MR) is 126 cm³/mol. The van der Waals surface area contributed by atoms with Gasteiger partial charge in [-0.1, -0.05) is 30.0 Å². The molecule has 0 aliphatic heterocycles. The van der Waals surface area contributed by atoms with Crippen LogP contribution in [-0.4, -0.2) is 49.5 Å². The molecule has 0 bridgehead atoms. The lowest BCUT2D eigenvalue weighted by Gasteiger charge is -2.17. The van der Waals surface area contributed by atoms with Gasteiger partial charge in [-0.25, -0.2) is 4.98 Å². The number of ether oxygens (including phenoxy) is 3. The highest BCUT2D eigenvalue weighted by Gasteiger charge is 2.15. The maximum atomic E-state index is 12.4. The Morgan fingerprint density at radius 1 is 1.16 bits per heavy atom. The number of rotatable bonds is 11. The largest absolute Gasteiger partial charge is 0.493 e. The zero-order valence-corrected chi connectivity index (χ0v) is 19.8. The van der Waals surface area contributed by atoms with E-state index in [1.165, 1.54) is 14.2 Å². The van der Waals surface area contributed by atoms with Crippen molar-refractivity contribution in [1.82, 2.24) is 10.3 Å². The molecule has 0 aliphatic carbocycles. The minimum Gasteiger partial charge on any atom is -0.493 e. The van der Waals surface area contributed by atoms with Crippen LogP contribution in [0.1, 0.15) is 21.6 Å². The summed E-state index contributed by atoms with van der Waals surface area (Å²) in [6.45, 7) is 2.01. The molecule has 2 N–H and O–H groups in total. The molecule has 1 aromatic heterocycles. The van der Waals surface area contributed by atoms with Gasteiger partial charge in [-0.05, 0) is 36.8 Å². The predicted octanol–water partition coefficient (Wildman–Crippen LogP) is 3.93. The van der Waals surface area contributed by atoms with Gasteiger partial charge in [0.1, 0.15) is 17.1 Å². The molecule has 1 amide bonds. The summed E-state index contributed by atoms with van der Waals surface area (Å²) in [6, 6.07) is 12.7. The van der Waals surface area contributed by atoms with Crippen molar-refractivity contribution in [3.8, 4) is 17.2 Å². The van der Waals surface area contributed by atoms with Crippen LogP contribution in [-0.2, 0) is 5.75 Å². The van der Waals surface area contributed by atoms with Crippen LogP contribution in [0, 0.1) is 6.92 Å². The normalized spacial score (nSPS) is 11.6. The van der Waals surface area contributed by atoms with Crippen molar-refractivity contribution < 1.29 is 24.1 Å². The third kappa shape index (κ3) is 6.62. The van der Waals surface area contributed by atoms with Gasteiger partial charge >= 0.3 is 0 Å². The van der Waals surface area contributed by atoms with E-state index in [4.69, 9.17) is 14.2 Å². The fourth-order valence-corrected chi connectivity index (χ4v) is 4.61. The van der Waals surface area contributed by atoms with E-state index < -0.39 is 6.10 Å². The molecule has 0 radical (unpaired) electrons. The summed E-state index contributed by atoms with van der Waals surface area (Å²) in [4.78, 5) is 16.8. The molecule has 0 aliphatic rings. The Labute approximate surface area is 195 Å². The monoisotopic (exact) mass is 474 g/mol. The minimum absolute atomic E-state index is 0.0244. The molecule has 1 unspecified atom stereocenters. The molecule has 1 atom stereocenters. The number of nitrogens with one attached hydrogen (secondary N) is 1. The molecular weight excluding hydrogens is 448 g/mol. The SMILES string of the molecule is COc1cccc(OC)c1OCC(O)CNC(=O)c1ccc(CSc2nc(C)cs2)cc1. The smallest absolute Gasteiger partial charge is 0.251 e. The lowest BCUT2D eigenvalue weighted by atomic mass is 10.1. The molecule has 2 aromatic carbocycles. The van der Waals surface area contributed by atoms with Crippen molar-refractivity contribution in [3.63, 3.8) is 0 Å². The number of para-hydroxylation sites is 1. The molecule has 170 valence electrons. The van der Waals surface area contributed by atoms with E-state index >= 15 is 0 Å². The summed E-state index contributed by atoms with van der Waals surface area (Å²) in [5.41, 5.74) is 2.67. The summed E-state index contributed by atoms with van der Waals surface area (Å²) in [6.07, 6.45) is -0.897. The van der Waals surface area contributed by atoms with Crippen LogP contribution in [0.4, 0.5) is 0 Å². The van der Waals surface area contributed by atoms with Crippen molar-refractivity contribution in [2.75, 3.05) is 27.4 Å². The van der Waals surface area contributed by atoms with E-state index in [-0.39, 0.29) is 19.1 Å². The lowest BCUT2D eigenvalue weighted by molar-refractivity contribution is 0.0833. The number of aryl methyl sites for hydroxylation is 1. The molecule has 3 aromatic rings. The first kappa shape index (κ1) is 23.9. The number of thioether (sulfide) groups is 1. The van der Waals surface area contributed by atoms with E-state index in [1.807, 2.05) is 24.4 Å². The summed E-state index contributed by atoms with van der Waals surface area (Å²) in [5.74, 6) is 1.95. The van der Waals surface area contributed by atoms with Crippen LogP contribution in [0.5, 0.6) is 17.2 Å². The molecule has 7 nitrogen and oxygen atoms in total. The third-order valence-corrected chi connectivity index (χ3v) is 6.69. The number of hydrogen-bond donors (Lipinski definition) is 2. The van der Waals surface area contributed by atoms with E-state index in [0.29, 0.717) is 22.8 Å². The second-order valence-corrected chi connectivity index (χ2v) is 8.99. The zero-order chi connectivity index (χ0) is 22.9. The number of aliphatic hydroxyl groups is 1. The second-order valence-electron chi connectivity index (χ2n) is 6.91. The van der Waals surface area contributed by atoms with Gasteiger partial charge in [0.05, 0.1) is 14.2 Å². The van der Waals surface area contributed by atoms with E-state index in [1.54, 1.807) is 53.4 Å². The number of thiazole rings is 1. The van der Waals surface area contributed by atoms with Gasteiger partial charge in [0.2, 0.25) is 5.75 Å². The van der Waals surface area contributed by atoms with Crippen LogP contribution in [0.25, 0.3) is 0 Å². The number of carbonyl (C=O) groups excluding carboxylic acids is 1. The summed E-state index contributed by atoms with van der Waals surface area (Å²) in [5, 5.41) is 15.0. The number of amides is 1. The quantitative estimate of drug-likeness (QED) is 0.407. The molecule has 0 saturated heterocycles. The van der Waals surface area contributed by atoms with E-state index in [0.717, 1.165) is 21.3 Å². The Morgan fingerprint density at radius 3 is 2.44 bits per heavy atom. The molecule has 32 heavy (non-hydrogen) atoms. The number of aliphatic hydroxyl groups excluding tert-OH is 1. The topological polar surface area (TPSA) is 89.9 Å². The van der Waals surface area contributed by atoms with E-state index in [2.05, 4.69) is 10.3 Å². The number of hydrogen-bond acceptors (Lipinski definition) is 8. The van der Waals surface area contributed by atoms with Gasteiger partial charge < -0.3 is 24.6 Å². The average Bonchev–Trinajstić information content (AvgIpc) is 3.24. The Morgan fingerprint density at radius 2 is 1.84 bits per heavy atom. The Balaban J connectivity index is 1.46. The number of methoxy groups -OCH3 is 2.